The first-order chi connectivity index (χ1) is 41.5. The second-order valence-electron chi connectivity index (χ2n) is 27.1. The molecule has 0 aromatic heterocycles. The summed E-state index contributed by atoms with van der Waals surface area (Å²) in [4.78, 5) is 24.6. The van der Waals surface area contributed by atoms with Crippen molar-refractivity contribution in [1.82, 2.24) is 5.32 Å². The first-order valence-electron chi connectivity index (χ1n) is 39.0. The van der Waals surface area contributed by atoms with Gasteiger partial charge in [0.1, 0.15) is 0 Å². The Morgan fingerprint density at radius 3 is 0.810 bits per heavy atom. The fourth-order valence-electron chi connectivity index (χ4n) is 12.6. The Morgan fingerprint density at radius 1 is 0.321 bits per heavy atom. The summed E-state index contributed by atoms with van der Waals surface area (Å²) < 4.78 is 5.49. The standard InChI is InChI=1S/C78H153NO5/c1-3-5-7-9-11-13-15-17-18-19-41-44-47-50-54-58-62-66-70-76(81)75(74-80)79-77(82)71-67-63-59-55-51-48-45-42-39-37-35-33-31-29-27-25-23-21-20-22-24-26-28-30-32-34-36-38-40-43-46-49-53-57-61-65-69-73-84-78(83)72-68-64-60-56-52-16-14-12-10-8-6-4-2/h66,70,75-76,80-81H,3-65,67-69,71-74H2,1-2H3,(H,79,82)/b70-66+. The number of carbonyl (C=O) groups is 2. The molecule has 0 aromatic rings. The van der Waals surface area contributed by atoms with Gasteiger partial charge in [-0.1, -0.05) is 418 Å². The lowest BCUT2D eigenvalue weighted by Gasteiger charge is -2.20. The Balaban J connectivity index is 3.31. The second kappa shape index (κ2) is 74.1. The lowest BCUT2D eigenvalue weighted by Crippen LogP contribution is -2.45. The van der Waals surface area contributed by atoms with Gasteiger partial charge >= 0.3 is 5.97 Å². The zero-order chi connectivity index (χ0) is 60.6. The Labute approximate surface area is 527 Å². The fourth-order valence-corrected chi connectivity index (χ4v) is 12.6. The molecule has 84 heavy (non-hydrogen) atoms. The monoisotopic (exact) mass is 1180 g/mol. The van der Waals surface area contributed by atoms with E-state index < -0.39 is 12.1 Å². The lowest BCUT2D eigenvalue weighted by molar-refractivity contribution is -0.143. The van der Waals surface area contributed by atoms with Gasteiger partial charge < -0.3 is 20.3 Å². The number of hydrogen-bond acceptors (Lipinski definition) is 5. The normalized spacial score (nSPS) is 12.5. The molecule has 0 fully saturated rings. The number of nitrogens with one attached hydrogen (secondary N) is 1. The highest BCUT2D eigenvalue weighted by molar-refractivity contribution is 5.76. The van der Waals surface area contributed by atoms with Crippen molar-refractivity contribution in [2.75, 3.05) is 13.2 Å². The molecule has 0 radical (unpaired) electrons. The van der Waals surface area contributed by atoms with E-state index in [0.29, 0.717) is 19.4 Å². The van der Waals surface area contributed by atoms with Crippen molar-refractivity contribution < 1.29 is 24.5 Å². The van der Waals surface area contributed by atoms with Crippen molar-refractivity contribution in [2.45, 2.75) is 463 Å². The minimum absolute atomic E-state index is 0.0248. The van der Waals surface area contributed by atoms with Crippen LogP contribution in [0, 0.1) is 0 Å². The Bertz CT molecular complexity index is 1270. The first-order valence-corrected chi connectivity index (χ1v) is 39.0. The van der Waals surface area contributed by atoms with Gasteiger partial charge in [-0.05, 0) is 32.1 Å². The van der Waals surface area contributed by atoms with Crippen molar-refractivity contribution in [2.24, 2.45) is 0 Å². The number of hydrogen-bond donors (Lipinski definition) is 3. The molecule has 500 valence electrons. The quantitative estimate of drug-likeness (QED) is 0.0320. The molecule has 0 saturated heterocycles. The van der Waals surface area contributed by atoms with Gasteiger partial charge in [0.15, 0.2) is 0 Å². The van der Waals surface area contributed by atoms with Crippen LogP contribution in [0.2, 0.25) is 0 Å². The molecular weight excluding hydrogens is 1030 g/mol. The summed E-state index contributed by atoms with van der Waals surface area (Å²) in [6, 6.07) is -0.623. The number of amides is 1. The number of allylic oxidation sites excluding steroid dienone is 1. The van der Waals surface area contributed by atoms with E-state index in [1.807, 2.05) is 6.08 Å². The molecule has 0 rings (SSSR count). The zero-order valence-corrected chi connectivity index (χ0v) is 57.4. The third-order valence-electron chi connectivity index (χ3n) is 18.6. The van der Waals surface area contributed by atoms with Gasteiger partial charge in [-0.2, -0.15) is 0 Å². The van der Waals surface area contributed by atoms with Crippen molar-refractivity contribution >= 4 is 11.9 Å². The van der Waals surface area contributed by atoms with E-state index in [-0.39, 0.29) is 18.5 Å². The van der Waals surface area contributed by atoms with Crippen LogP contribution in [0.4, 0.5) is 0 Å². The largest absolute Gasteiger partial charge is 0.466 e. The van der Waals surface area contributed by atoms with Crippen molar-refractivity contribution in [1.29, 1.82) is 0 Å². The minimum atomic E-state index is -0.840. The summed E-state index contributed by atoms with van der Waals surface area (Å²) in [5.74, 6) is -0.0330. The smallest absolute Gasteiger partial charge is 0.305 e. The third-order valence-corrected chi connectivity index (χ3v) is 18.6. The first kappa shape index (κ1) is 82.6. The molecule has 0 aromatic carbocycles. The molecule has 0 bridgehead atoms. The van der Waals surface area contributed by atoms with Crippen LogP contribution in [0.1, 0.15) is 450 Å². The Kier molecular flexibility index (Phi) is 72.8. The van der Waals surface area contributed by atoms with E-state index in [9.17, 15) is 19.8 Å². The Hall–Kier alpha value is -1.40. The molecule has 6 heteroatoms. The Morgan fingerprint density at radius 2 is 0.548 bits per heavy atom. The molecule has 0 aliphatic rings. The maximum atomic E-state index is 12.5. The summed E-state index contributed by atoms with van der Waals surface area (Å²) in [5.41, 5.74) is 0. The van der Waals surface area contributed by atoms with Crippen LogP contribution in [0.3, 0.4) is 0 Å². The highest BCUT2D eigenvalue weighted by Crippen LogP contribution is 2.20. The van der Waals surface area contributed by atoms with E-state index in [2.05, 4.69) is 19.2 Å². The third kappa shape index (κ3) is 69.7. The number of unbranched alkanes of at least 4 members (excludes halogenated alkanes) is 63. The number of ether oxygens (including phenoxy) is 1. The van der Waals surface area contributed by atoms with Gasteiger partial charge in [-0.15, -0.1) is 0 Å². The van der Waals surface area contributed by atoms with Gasteiger partial charge in [-0.3, -0.25) is 9.59 Å². The van der Waals surface area contributed by atoms with Gasteiger partial charge in [0.05, 0.1) is 25.4 Å². The topological polar surface area (TPSA) is 95.9 Å². The van der Waals surface area contributed by atoms with Crippen LogP contribution in [-0.4, -0.2) is 47.4 Å². The van der Waals surface area contributed by atoms with E-state index in [4.69, 9.17) is 4.74 Å². The van der Waals surface area contributed by atoms with Crippen molar-refractivity contribution in [3.8, 4) is 0 Å². The van der Waals surface area contributed by atoms with Crippen molar-refractivity contribution in [3.63, 3.8) is 0 Å². The van der Waals surface area contributed by atoms with E-state index in [0.717, 1.165) is 38.5 Å². The summed E-state index contributed by atoms with van der Waals surface area (Å²) in [6.07, 6.45) is 93.4. The maximum absolute atomic E-state index is 12.5. The predicted octanol–water partition coefficient (Wildman–Crippen LogP) is 25.5. The predicted molar refractivity (Wildman–Crippen MR) is 370 cm³/mol. The SMILES string of the molecule is CCCCCCCCCCCCCCCCCC/C=C/C(O)C(CO)NC(=O)CCCCCCCCCCCCCCCCCCCCCCCCCCCCCCCCCCCCCCCOC(=O)CCCCCCCCCCCCCC. The zero-order valence-electron chi connectivity index (χ0n) is 57.4. The summed E-state index contributed by atoms with van der Waals surface area (Å²) in [7, 11) is 0. The number of rotatable bonds is 74. The van der Waals surface area contributed by atoms with E-state index in [1.54, 1.807) is 6.08 Å². The number of aliphatic hydroxyl groups excluding tert-OH is 2. The molecule has 3 N–H and O–H groups in total. The number of carbonyl (C=O) groups excluding carboxylic acids is 2. The number of aliphatic hydroxyl groups is 2. The van der Waals surface area contributed by atoms with E-state index in [1.165, 1.54) is 385 Å². The molecule has 2 atom stereocenters. The summed E-state index contributed by atoms with van der Waals surface area (Å²) in [5, 5.41) is 23.2. The van der Waals surface area contributed by atoms with Crippen LogP contribution < -0.4 is 5.32 Å². The van der Waals surface area contributed by atoms with Crippen LogP contribution in [0.25, 0.3) is 0 Å². The highest BCUT2D eigenvalue weighted by Gasteiger charge is 2.18. The van der Waals surface area contributed by atoms with Gasteiger partial charge in [0.25, 0.3) is 0 Å². The fraction of sp³-hybridized carbons (Fsp3) is 0.949. The van der Waals surface area contributed by atoms with Crippen LogP contribution in [0.5, 0.6) is 0 Å². The van der Waals surface area contributed by atoms with E-state index >= 15 is 0 Å². The molecule has 2 unspecified atom stereocenters. The lowest BCUT2D eigenvalue weighted by atomic mass is 10.0. The molecule has 1 amide bonds. The van der Waals surface area contributed by atoms with Crippen LogP contribution in [0.15, 0.2) is 12.2 Å². The maximum Gasteiger partial charge on any atom is 0.305 e. The highest BCUT2D eigenvalue weighted by atomic mass is 16.5. The molecule has 0 saturated carbocycles. The molecule has 6 nitrogen and oxygen atoms in total. The molecule has 0 spiro atoms. The summed E-state index contributed by atoms with van der Waals surface area (Å²) in [6.45, 7) is 4.96. The summed E-state index contributed by atoms with van der Waals surface area (Å²) >= 11 is 0. The average Bonchev–Trinajstić information content (AvgIpc) is 3.50. The number of esters is 1. The average molecular weight is 1190 g/mol. The minimum Gasteiger partial charge on any atom is -0.466 e. The van der Waals surface area contributed by atoms with Gasteiger partial charge in [0, 0.05) is 12.8 Å². The van der Waals surface area contributed by atoms with Gasteiger partial charge in [-0.25, -0.2) is 0 Å². The van der Waals surface area contributed by atoms with Crippen LogP contribution in [-0.2, 0) is 14.3 Å². The molecule has 0 heterocycles. The van der Waals surface area contributed by atoms with Gasteiger partial charge in [0.2, 0.25) is 5.91 Å². The molecule has 0 aliphatic heterocycles. The second-order valence-corrected chi connectivity index (χ2v) is 27.1. The molecule has 0 aliphatic carbocycles. The molecular formula is C78H153NO5. The van der Waals surface area contributed by atoms with Crippen LogP contribution >= 0.6 is 0 Å². The van der Waals surface area contributed by atoms with Crippen molar-refractivity contribution in [3.05, 3.63) is 12.2 Å².